The van der Waals surface area contributed by atoms with E-state index in [0.29, 0.717) is 0 Å². The topological polar surface area (TPSA) is 58.0 Å². The Bertz CT molecular complexity index is 535. The molecule has 0 unspecified atom stereocenters. The van der Waals surface area contributed by atoms with Crippen LogP contribution in [0.2, 0.25) is 0 Å². The second-order valence-corrected chi connectivity index (χ2v) is 4.62. The first-order valence-electron chi connectivity index (χ1n) is 6.17. The highest BCUT2D eigenvalue weighted by Gasteiger charge is 2.21. The number of hydrogen-bond acceptors (Lipinski definition) is 4. The standard InChI is InChI=1S/C14H15N3O/c18-12-5-3-11(4-6-12)13-14(16-8-7-15-13)17-9-10-1-2-10/h3-8,10,18H,1-2,9H2,(H,16,17). The van der Waals surface area contributed by atoms with Crippen LogP contribution in [0.15, 0.2) is 36.7 Å². The van der Waals surface area contributed by atoms with Crippen molar-refractivity contribution < 1.29 is 5.11 Å². The van der Waals surface area contributed by atoms with Crippen molar-refractivity contribution in [3.63, 3.8) is 0 Å². The molecule has 0 amide bonds. The van der Waals surface area contributed by atoms with Crippen molar-refractivity contribution in [2.24, 2.45) is 5.92 Å². The molecule has 4 heteroatoms. The van der Waals surface area contributed by atoms with E-state index in [2.05, 4.69) is 15.3 Å². The fraction of sp³-hybridized carbons (Fsp3) is 0.286. The molecule has 2 aromatic rings. The molecular weight excluding hydrogens is 226 g/mol. The van der Waals surface area contributed by atoms with Crippen molar-refractivity contribution in [2.75, 3.05) is 11.9 Å². The van der Waals surface area contributed by atoms with E-state index in [0.717, 1.165) is 29.5 Å². The van der Waals surface area contributed by atoms with Gasteiger partial charge in [0.25, 0.3) is 0 Å². The van der Waals surface area contributed by atoms with Crippen LogP contribution in [0.25, 0.3) is 11.3 Å². The Balaban J connectivity index is 1.87. The van der Waals surface area contributed by atoms with Crippen LogP contribution in [-0.2, 0) is 0 Å². The van der Waals surface area contributed by atoms with E-state index in [1.54, 1.807) is 24.5 Å². The quantitative estimate of drug-likeness (QED) is 0.864. The average molecular weight is 241 g/mol. The van der Waals surface area contributed by atoms with E-state index in [9.17, 15) is 5.11 Å². The molecule has 4 nitrogen and oxygen atoms in total. The van der Waals surface area contributed by atoms with E-state index in [1.807, 2.05) is 12.1 Å². The first kappa shape index (κ1) is 11.0. The van der Waals surface area contributed by atoms with Crippen molar-refractivity contribution in [3.8, 4) is 17.0 Å². The molecule has 0 saturated heterocycles. The maximum atomic E-state index is 9.31. The molecule has 18 heavy (non-hydrogen) atoms. The second kappa shape index (κ2) is 4.64. The van der Waals surface area contributed by atoms with Gasteiger partial charge in [-0.15, -0.1) is 0 Å². The van der Waals surface area contributed by atoms with E-state index in [-0.39, 0.29) is 5.75 Å². The molecule has 1 aromatic carbocycles. The Kier molecular flexibility index (Phi) is 2.84. The third-order valence-electron chi connectivity index (χ3n) is 3.09. The lowest BCUT2D eigenvalue weighted by Gasteiger charge is -2.09. The zero-order chi connectivity index (χ0) is 12.4. The number of nitrogens with zero attached hydrogens (tertiary/aromatic N) is 2. The minimum absolute atomic E-state index is 0.259. The van der Waals surface area contributed by atoms with Crippen LogP contribution in [0, 0.1) is 5.92 Å². The molecule has 0 atom stereocenters. The lowest BCUT2D eigenvalue weighted by molar-refractivity contribution is 0.475. The van der Waals surface area contributed by atoms with E-state index in [4.69, 9.17) is 0 Å². The van der Waals surface area contributed by atoms with Gasteiger partial charge in [-0.2, -0.15) is 0 Å². The molecule has 0 bridgehead atoms. The maximum absolute atomic E-state index is 9.31. The summed E-state index contributed by atoms with van der Waals surface area (Å²) < 4.78 is 0. The highest BCUT2D eigenvalue weighted by Crippen LogP contribution is 2.30. The molecule has 3 rings (SSSR count). The Morgan fingerprint density at radius 3 is 2.56 bits per heavy atom. The Morgan fingerprint density at radius 2 is 1.83 bits per heavy atom. The summed E-state index contributed by atoms with van der Waals surface area (Å²) in [6.45, 7) is 0.962. The van der Waals surface area contributed by atoms with Gasteiger partial charge in [0.15, 0.2) is 5.82 Å². The minimum atomic E-state index is 0.259. The fourth-order valence-electron chi connectivity index (χ4n) is 1.86. The highest BCUT2D eigenvalue weighted by molar-refractivity contribution is 5.71. The Morgan fingerprint density at radius 1 is 1.11 bits per heavy atom. The van der Waals surface area contributed by atoms with E-state index >= 15 is 0 Å². The third-order valence-corrected chi connectivity index (χ3v) is 3.09. The highest BCUT2D eigenvalue weighted by atomic mass is 16.3. The minimum Gasteiger partial charge on any atom is -0.508 e. The summed E-state index contributed by atoms with van der Waals surface area (Å²) in [5.74, 6) is 1.87. The summed E-state index contributed by atoms with van der Waals surface area (Å²) >= 11 is 0. The number of hydrogen-bond donors (Lipinski definition) is 2. The molecule has 1 aliphatic rings. The normalized spacial score (nSPS) is 14.4. The number of rotatable bonds is 4. The van der Waals surface area contributed by atoms with Gasteiger partial charge in [-0.25, -0.2) is 4.98 Å². The second-order valence-electron chi connectivity index (χ2n) is 4.62. The van der Waals surface area contributed by atoms with Crippen LogP contribution in [0.1, 0.15) is 12.8 Å². The monoisotopic (exact) mass is 241 g/mol. The molecule has 0 radical (unpaired) electrons. The summed E-state index contributed by atoms with van der Waals surface area (Å²) in [5, 5.41) is 12.7. The van der Waals surface area contributed by atoms with Crippen LogP contribution in [0.5, 0.6) is 5.75 Å². The Labute approximate surface area is 106 Å². The molecule has 0 aliphatic heterocycles. The fourth-order valence-corrected chi connectivity index (χ4v) is 1.86. The van der Waals surface area contributed by atoms with Gasteiger partial charge in [0.2, 0.25) is 0 Å². The molecule has 1 saturated carbocycles. The number of aromatic hydroxyl groups is 1. The van der Waals surface area contributed by atoms with E-state index in [1.165, 1.54) is 12.8 Å². The molecule has 92 valence electrons. The van der Waals surface area contributed by atoms with Gasteiger partial charge in [-0.05, 0) is 43.0 Å². The first-order chi connectivity index (χ1) is 8.83. The zero-order valence-electron chi connectivity index (χ0n) is 10.0. The molecule has 2 N–H and O–H groups in total. The molecule has 1 aliphatic carbocycles. The molecule has 0 spiro atoms. The van der Waals surface area contributed by atoms with Gasteiger partial charge in [0, 0.05) is 24.5 Å². The Hall–Kier alpha value is -2.10. The van der Waals surface area contributed by atoms with Crippen molar-refractivity contribution in [1.82, 2.24) is 9.97 Å². The number of anilines is 1. The van der Waals surface area contributed by atoms with Crippen LogP contribution in [0.4, 0.5) is 5.82 Å². The summed E-state index contributed by atoms with van der Waals surface area (Å²) in [7, 11) is 0. The summed E-state index contributed by atoms with van der Waals surface area (Å²) in [6.07, 6.45) is 5.99. The SMILES string of the molecule is Oc1ccc(-c2nccnc2NCC2CC2)cc1. The van der Waals surface area contributed by atoms with Crippen molar-refractivity contribution >= 4 is 5.82 Å². The van der Waals surface area contributed by atoms with Crippen LogP contribution in [-0.4, -0.2) is 21.6 Å². The number of benzene rings is 1. The number of aromatic nitrogens is 2. The van der Waals surface area contributed by atoms with Crippen molar-refractivity contribution in [1.29, 1.82) is 0 Å². The van der Waals surface area contributed by atoms with Gasteiger partial charge >= 0.3 is 0 Å². The predicted octanol–water partition coefficient (Wildman–Crippen LogP) is 2.67. The lowest BCUT2D eigenvalue weighted by Crippen LogP contribution is -2.07. The molecular formula is C14H15N3O. The molecule has 1 heterocycles. The van der Waals surface area contributed by atoms with Crippen LogP contribution < -0.4 is 5.32 Å². The van der Waals surface area contributed by atoms with Gasteiger partial charge < -0.3 is 10.4 Å². The van der Waals surface area contributed by atoms with Gasteiger partial charge in [0.1, 0.15) is 11.4 Å². The third kappa shape index (κ3) is 2.42. The predicted molar refractivity (Wildman–Crippen MR) is 70.3 cm³/mol. The summed E-state index contributed by atoms with van der Waals surface area (Å²) in [5.41, 5.74) is 1.79. The van der Waals surface area contributed by atoms with Gasteiger partial charge in [-0.3, -0.25) is 4.98 Å². The van der Waals surface area contributed by atoms with Crippen molar-refractivity contribution in [2.45, 2.75) is 12.8 Å². The summed E-state index contributed by atoms with van der Waals surface area (Å²) in [6, 6.07) is 7.02. The lowest BCUT2D eigenvalue weighted by atomic mass is 10.1. The maximum Gasteiger partial charge on any atom is 0.152 e. The average Bonchev–Trinajstić information content (AvgIpc) is 3.22. The van der Waals surface area contributed by atoms with Crippen molar-refractivity contribution in [3.05, 3.63) is 36.7 Å². The number of phenols is 1. The number of phenolic OH excluding ortho intramolecular Hbond substituents is 1. The van der Waals surface area contributed by atoms with E-state index < -0.39 is 0 Å². The van der Waals surface area contributed by atoms with Gasteiger partial charge in [0.05, 0.1) is 0 Å². The van der Waals surface area contributed by atoms with Gasteiger partial charge in [-0.1, -0.05) is 0 Å². The molecule has 1 fully saturated rings. The first-order valence-corrected chi connectivity index (χ1v) is 6.17. The number of nitrogens with one attached hydrogen (secondary N) is 1. The smallest absolute Gasteiger partial charge is 0.152 e. The molecule has 1 aromatic heterocycles. The summed E-state index contributed by atoms with van der Waals surface area (Å²) in [4.78, 5) is 8.71. The largest absolute Gasteiger partial charge is 0.508 e. The van der Waals surface area contributed by atoms with Crippen LogP contribution in [0.3, 0.4) is 0 Å². The zero-order valence-corrected chi connectivity index (χ0v) is 10.0. The van der Waals surface area contributed by atoms with Crippen LogP contribution >= 0.6 is 0 Å².